The van der Waals surface area contributed by atoms with E-state index in [0.717, 1.165) is 13.1 Å². The van der Waals surface area contributed by atoms with E-state index in [4.69, 9.17) is 14.2 Å². The van der Waals surface area contributed by atoms with Crippen LogP contribution in [0.25, 0.3) is 0 Å². The molecule has 0 aromatic heterocycles. The van der Waals surface area contributed by atoms with Gasteiger partial charge >= 0.3 is 0 Å². The van der Waals surface area contributed by atoms with Crippen LogP contribution >= 0.6 is 0 Å². The van der Waals surface area contributed by atoms with Crippen molar-refractivity contribution in [2.24, 2.45) is 0 Å². The Labute approximate surface area is 136 Å². The Hall–Kier alpha value is -0.740. The monoisotopic (exact) mass is 348 g/mol. The van der Waals surface area contributed by atoms with Crippen LogP contribution in [0.4, 0.5) is 0 Å². The largest absolute Gasteiger partial charge is 0.379 e. The van der Waals surface area contributed by atoms with Crippen molar-refractivity contribution in [3.8, 4) is 0 Å². The van der Waals surface area contributed by atoms with Gasteiger partial charge in [-0.3, -0.25) is 9.69 Å². The van der Waals surface area contributed by atoms with Crippen LogP contribution in [-0.2, 0) is 28.8 Å². The molecule has 1 atom stereocenters. The molecule has 3 aliphatic rings. The summed E-state index contributed by atoms with van der Waals surface area (Å²) in [6, 6.07) is 0. The van der Waals surface area contributed by atoms with E-state index in [2.05, 4.69) is 4.90 Å². The summed E-state index contributed by atoms with van der Waals surface area (Å²) in [6.07, 6.45) is 0. The predicted octanol–water partition coefficient (Wildman–Crippen LogP) is -1.64. The van der Waals surface area contributed by atoms with Crippen LogP contribution in [0.15, 0.2) is 0 Å². The first-order valence-electron chi connectivity index (χ1n) is 7.86. The van der Waals surface area contributed by atoms with Gasteiger partial charge in [0.15, 0.2) is 9.84 Å². The number of amides is 1. The number of rotatable bonds is 4. The second-order valence-corrected chi connectivity index (χ2v) is 8.80. The molecule has 1 amide bonds. The number of hydrogen-bond donors (Lipinski definition) is 0. The molecule has 0 radical (unpaired) electrons. The zero-order valence-corrected chi connectivity index (χ0v) is 14.2. The molecule has 0 saturated carbocycles. The molecule has 0 N–H and O–H groups in total. The van der Waals surface area contributed by atoms with E-state index in [0.29, 0.717) is 32.8 Å². The highest BCUT2D eigenvalue weighted by atomic mass is 32.2. The number of sulfone groups is 1. The second-order valence-electron chi connectivity index (χ2n) is 6.52. The van der Waals surface area contributed by atoms with E-state index >= 15 is 0 Å². The minimum Gasteiger partial charge on any atom is -0.379 e. The van der Waals surface area contributed by atoms with Crippen LogP contribution in [0, 0.1) is 0 Å². The van der Waals surface area contributed by atoms with Gasteiger partial charge in [0.1, 0.15) is 12.2 Å². The van der Waals surface area contributed by atoms with Crippen LogP contribution < -0.4 is 0 Å². The zero-order chi connectivity index (χ0) is 16.5. The fourth-order valence-corrected chi connectivity index (χ4v) is 5.31. The molecule has 0 unspecified atom stereocenters. The molecule has 0 bridgehead atoms. The second kappa shape index (κ2) is 6.64. The molecule has 3 saturated heterocycles. The van der Waals surface area contributed by atoms with E-state index in [1.807, 2.05) is 0 Å². The van der Waals surface area contributed by atoms with Crippen molar-refractivity contribution in [1.82, 2.24) is 9.80 Å². The maximum Gasteiger partial charge on any atom is 0.248 e. The molecule has 3 rings (SSSR count). The third kappa shape index (κ3) is 3.69. The van der Waals surface area contributed by atoms with Crippen molar-refractivity contribution in [1.29, 1.82) is 0 Å². The van der Waals surface area contributed by atoms with E-state index in [9.17, 15) is 13.2 Å². The molecule has 0 aromatic rings. The van der Waals surface area contributed by atoms with Crippen molar-refractivity contribution < 1.29 is 27.4 Å². The highest BCUT2D eigenvalue weighted by Crippen LogP contribution is 2.33. The van der Waals surface area contributed by atoms with Crippen LogP contribution in [0.3, 0.4) is 0 Å². The Kier molecular flexibility index (Phi) is 4.93. The van der Waals surface area contributed by atoms with Gasteiger partial charge < -0.3 is 19.1 Å². The van der Waals surface area contributed by atoms with Gasteiger partial charge in [0.25, 0.3) is 0 Å². The summed E-state index contributed by atoms with van der Waals surface area (Å²) in [7, 11) is -1.77. The summed E-state index contributed by atoms with van der Waals surface area (Å²) in [5.74, 6) is -0.138. The van der Waals surface area contributed by atoms with E-state index in [1.54, 1.807) is 4.90 Å². The zero-order valence-electron chi connectivity index (χ0n) is 13.4. The Balaban J connectivity index is 1.55. The molecule has 3 fully saturated rings. The molecular weight excluding hydrogens is 324 g/mol. The van der Waals surface area contributed by atoms with Crippen molar-refractivity contribution in [3.05, 3.63) is 0 Å². The van der Waals surface area contributed by atoms with Gasteiger partial charge in [-0.15, -0.1) is 0 Å². The Morgan fingerprint density at radius 3 is 2.61 bits per heavy atom. The van der Waals surface area contributed by atoms with Crippen molar-refractivity contribution in [2.45, 2.75) is 10.9 Å². The number of methoxy groups -OCH3 is 1. The molecule has 1 spiro atoms. The van der Waals surface area contributed by atoms with Gasteiger partial charge in [-0.25, -0.2) is 8.42 Å². The highest BCUT2D eigenvalue weighted by molar-refractivity contribution is 7.92. The first kappa shape index (κ1) is 17.1. The topological polar surface area (TPSA) is 85.4 Å². The Morgan fingerprint density at radius 2 is 2.00 bits per heavy atom. The molecule has 0 aliphatic carbocycles. The van der Waals surface area contributed by atoms with Crippen LogP contribution in [-0.4, -0.2) is 107 Å². The van der Waals surface area contributed by atoms with Crippen molar-refractivity contribution in [3.63, 3.8) is 0 Å². The maximum absolute atomic E-state index is 12.6. The van der Waals surface area contributed by atoms with Crippen molar-refractivity contribution in [2.75, 3.05) is 72.0 Å². The minimum absolute atomic E-state index is 0.00817. The lowest BCUT2D eigenvalue weighted by molar-refractivity contribution is -0.168. The smallest absolute Gasteiger partial charge is 0.248 e. The maximum atomic E-state index is 12.6. The Morgan fingerprint density at radius 1 is 1.30 bits per heavy atom. The molecule has 9 heteroatoms. The van der Waals surface area contributed by atoms with Crippen LogP contribution in [0.2, 0.25) is 0 Å². The Bertz CT molecular complexity index is 539. The average Bonchev–Trinajstić information content (AvgIpc) is 2.48. The summed E-state index contributed by atoms with van der Waals surface area (Å²) < 4.78 is 41.2. The van der Waals surface area contributed by atoms with Gasteiger partial charge in [0, 0.05) is 26.7 Å². The van der Waals surface area contributed by atoms with Crippen molar-refractivity contribution >= 4 is 15.7 Å². The summed E-state index contributed by atoms with van der Waals surface area (Å²) in [4.78, 5) is 15.4. The molecule has 3 heterocycles. The quantitative estimate of drug-likeness (QED) is 0.602. The van der Waals surface area contributed by atoms with Crippen LogP contribution in [0.5, 0.6) is 0 Å². The predicted molar refractivity (Wildman–Crippen MR) is 82.0 cm³/mol. The molecule has 132 valence electrons. The minimum atomic E-state index is -3.23. The lowest BCUT2D eigenvalue weighted by Crippen LogP contribution is -2.71. The van der Waals surface area contributed by atoms with Gasteiger partial charge in [0.2, 0.25) is 5.91 Å². The summed E-state index contributed by atoms with van der Waals surface area (Å²) >= 11 is 0. The SMILES string of the molecule is COCC(=O)N1CC2(C1)CS(=O)(=O)[C@@H](CN1CCOCC1)CO2. The third-order valence-corrected chi connectivity index (χ3v) is 6.92. The number of hydrogen-bond acceptors (Lipinski definition) is 7. The summed E-state index contributed by atoms with van der Waals surface area (Å²) in [5, 5.41) is -0.491. The number of morpholine rings is 1. The third-order valence-electron chi connectivity index (χ3n) is 4.69. The lowest BCUT2D eigenvalue weighted by Gasteiger charge is -2.52. The number of nitrogens with zero attached hydrogens (tertiary/aromatic N) is 2. The first-order valence-corrected chi connectivity index (χ1v) is 9.58. The van der Waals surface area contributed by atoms with Gasteiger partial charge in [-0.05, 0) is 0 Å². The number of ether oxygens (including phenoxy) is 3. The summed E-state index contributed by atoms with van der Waals surface area (Å²) in [5.41, 5.74) is -0.719. The van der Waals surface area contributed by atoms with E-state index < -0.39 is 20.7 Å². The average molecular weight is 348 g/mol. The molecule has 3 aliphatic heterocycles. The summed E-state index contributed by atoms with van der Waals surface area (Å²) in [6.45, 7) is 4.19. The normalized spacial score (nSPS) is 30.1. The fourth-order valence-electron chi connectivity index (χ4n) is 3.36. The van der Waals surface area contributed by atoms with E-state index in [-0.39, 0.29) is 24.9 Å². The number of carbonyl (C=O) groups is 1. The fraction of sp³-hybridized carbons (Fsp3) is 0.929. The van der Waals surface area contributed by atoms with E-state index in [1.165, 1.54) is 7.11 Å². The van der Waals surface area contributed by atoms with Gasteiger partial charge in [0.05, 0.1) is 43.9 Å². The lowest BCUT2D eigenvalue weighted by atomic mass is 9.95. The highest BCUT2D eigenvalue weighted by Gasteiger charge is 2.53. The molecule has 8 nitrogen and oxygen atoms in total. The van der Waals surface area contributed by atoms with Gasteiger partial charge in [-0.2, -0.15) is 0 Å². The van der Waals surface area contributed by atoms with Crippen LogP contribution in [0.1, 0.15) is 0 Å². The van der Waals surface area contributed by atoms with Gasteiger partial charge in [-0.1, -0.05) is 0 Å². The standard InChI is InChI=1S/C14H24N2O6S/c1-20-8-13(17)16-9-14(10-16)11-23(18,19)12(7-22-14)6-15-2-4-21-5-3-15/h12H,2-11H2,1H3/t12-/m0/s1. The first-order chi connectivity index (χ1) is 10.9. The molecule has 0 aromatic carbocycles. The number of likely N-dealkylation sites (tertiary alicyclic amines) is 1. The molecular formula is C14H24N2O6S. The molecule has 23 heavy (non-hydrogen) atoms. The number of carbonyl (C=O) groups excluding carboxylic acids is 1.